The van der Waals surface area contributed by atoms with E-state index in [9.17, 15) is 14.4 Å². The highest BCUT2D eigenvalue weighted by atomic mass is 32.2. The van der Waals surface area contributed by atoms with Crippen molar-refractivity contribution in [1.82, 2.24) is 9.80 Å². The summed E-state index contributed by atoms with van der Waals surface area (Å²) in [5, 5.41) is -0.817. The highest BCUT2D eigenvalue weighted by molar-refractivity contribution is 8.01. The number of hydrogen-bond donors (Lipinski definition) is 0. The molecule has 0 spiro atoms. The van der Waals surface area contributed by atoms with Crippen LogP contribution in [0.2, 0.25) is 0 Å². The minimum atomic E-state index is -0.817. The second-order valence-electron chi connectivity index (χ2n) is 8.26. The van der Waals surface area contributed by atoms with Crippen LogP contribution < -0.4 is 4.90 Å². The van der Waals surface area contributed by atoms with Crippen LogP contribution in [0.5, 0.6) is 0 Å². The van der Waals surface area contributed by atoms with Gasteiger partial charge in [0.05, 0.1) is 5.69 Å². The van der Waals surface area contributed by atoms with Gasteiger partial charge in [0.2, 0.25) is 11.8 Å². The smallest absolute Gasteiger partial charge is 0.250 e. The molecule has 5 rings (SSSR count). The Morgan fingerprint density at radius 1 is 0.903 bits per heavy atom. The van der Waals surface area contributed by atoms with E-state index in [1.165, 1.54) is 22.2 Å². The zero-order valence-corrected chi connectivity index (χ0v) is 18.1. The van der Waals surface area contributed by atoms with Crippen molar-refractivity contribution in [2.24, 2.45) is 0 Å². The zero-order valence-electron chi connectivity index (χ0n) is 17.3. The van der Waals surface area contributed by atoms with Gasteiger partial charge in [-0.1, -0.05) is 36.4 Å². The lowest BCUT2D eigenvalue weighted by Gasteiger charge is -2.36. The first kappa shape index (κ1) is 20.1. The summed E-state index contributed by atoms with van der Waals surface area (Å²) in [5.41, 5.74) is 3.15. The zero-order chi connectivity index (χ0) is 21.4. The fourth-order valence-electron chi connectivity index (χ4n) is 4.58. The normalized spacial score (nSPS) is 20.5. The second-order valence-corrected chi connectivity index (χ2v) is 9.40. The number of anilines is 1. The topological polar surface area (TPSA) is 60.9 Å². The molecule has 0 bridgehead atoms. The van der Waals surface area contributed by atoms with Gasteiger partial charge in [-0.3, -0.25) is 14.4 Å². The van der Waals surface area contributed by atoms with E-state index in [1.54, 1.807) is 4.90 Å². The Morgan fingerprint density at radius 3 is 2.42 bits per heavy atom. The molecule has 3 heterocycles. The number of carbonyl (C=O) groups is 3. The maximum Gasteiger partial charge on any atom is 0.250 e. The standard InChI is InChI=1S/C24H25N3O3S/c28-21(26-14-11-17-7-1-2-8-18(17)15-26)16-27-19-9-3-4-10-20(19)31-22(24(27)30)23(29)25-12-5-6-13-25/h1-4,7-10,22H,5-6,11-16H2/t22-/m1/s1. The van der Waals surface area contributed by atoms with E-state index >= 15 is 0 Å². The quantitative estimate of drug-likeness (QED) is 0.696. The van der Waals surface area contributed by atoms with Gasteiger partial charge in [-0.15, -0.1) is 11.8 Å². The molecule has 3 amide bonds. The summed E-state index contributed by atoms with van der Waals surface area (Å²) in [5.74, 6) is -0.505. The van der Waals surface area contributed by atoms with E-state index in [4.69, 9.17) is 0 Å². The Labute approximate surface area is 186 Å². The highest BCUT2D eigenvalue weighted by Crippen LogP contribution is 2.40. The molecule has 160 valence electrons. The molecule has 31 heavy (non-hydrogen) atoms. The molecule has 7 heteroatoms. The molecular formula is C24H25N3O3S. The Hall–Kier alpha value is -2.80. The molecule has 1 saturated heterocycles. The van der Waals surface area contributed by atoms with Gasteiger partial charge >= 0.3 is 0 Å². The number of amides is 3. The van der Waals surface area contributed by atoms with Gasteiger partial charge in [-0.05, 0) is 42.5 Å². The van der Waals surface area contributed by atoms with Crippen LogP contribution in [-0.4, -0.2) is 59.0 Å². The number of benzene rings is 2. The molecule has 0 N–H and O–H groups in total. The van der Waals surface area contributed by atoms with Crippen LogP contribution in [0.15, 0.2) is 53.4 Å². The maximum absolute atomic E-state index is 13.4. The molecule has 3 aliphatic heterocycles. The highest BCUT2D eigenvalue weighted by Gasteiger charge is 2.41. The first-order valence-electron chi connectivity index (χ1n) is 10.8. The Bertz CT molecular complexity index is 1030. The summed E-state index contributed by atoms with van der Waals surface area (Å²) in [6.07, 6.45) is 2.78. The third-order valence-corrected chi connectivity index (χ3v) is 7.55. The van der Waals surface area contributed by atoms with Gasteiger partial charge < -0.3 is 14.7 Å². The van der Waals surface area contributed by atoms with E-state index < -0.39 is 5.25 Å². The van der Waals surface area contributed by atoms with E-state index in [0.717, 1.165) is 29.7 Å². The largest absolute Gasteiger partial charge is 0.341 e. The van der Waals surface area contributed by atoms with E-state index in [0.29, 0.717) is 31.9 Å². The van der Waals surface area contributed by atoms with Crippen LogP contribution >= 0.6 is 11.8 Å². The fourth-order valence-corrected chi connectivity index (χ4v) is 5.77. The molecule has 1 fully saturated rings. The summed E-state index contributed by atoms with van der Waals surface area (Å²) < 4.78 is 0. The number of hydrogen-bond acceptors (Lipinski definition) is 4. The van der Waals surface area contributed by atoms with Crippen LogP contribution in [0.25, 0.3) is 0 Å². The molecule has 0 radical (unpaired) electrons. The van der Waals surface area contributed by atoms with Crippen LogP contribution in [0.3, 0.4) is 0 Å². The van der Waals surface area contributed by atoms with Gasteiger partial charge in [0.25, 0.3) is 5.91 Å². The Kier molecular flexibility index (Phi) is 5.44. The SMILES string of the molecule is O=C(CN1C(=O)[C@@H](C(=O)N2CCCC2)Sc2ccccc21)N1CCc2ccccc2C1. The van der Waals surface area contributed by atoms with Crippen molar-refractivity contribution < 1.29 is 14.4 Å². The molecule has 1 atom stereocenters. The minimum absolute atomic E-state index is 0.0393. The van der Waals surface area contributed by atoms with E-state index in [2.05, 4.69) is 12.1 Å². The number of fused-ring (bicyclic) bond motifs is 2. The number of thioether (sulfide) groups is 1. The van der Waals surface area contributed by atoms with E-state index in [-0.39, 0.29) is 24.3 Å². The first-order chi connectivity index (χ1) is 15.1. The van der Waals surface area contributed by atoms with Crippen molar-refractivity contribution in [3.05, 3.63) is 59.7 Å². The van der Waals surface area contributed by atoms with Gasteiger partial charge in [0, 0.05) is 31.1 Å². The number of carbonyl (C=O) groups excluding carboxylic acids is 3. The number of para-hydroxylation sites is 1. The van der Waals surface area contributed by atoms with Gasteiger partial charge in [0.1, 0.15) is 6.54 Å². The predicted molar refractivity (Wildman–Crippen MR) is 120 cm³/mol. The van der Waals surface area contributed by atoms with Crippen molar-refractivity contribution in [3.63, 3.8) is 0 Å². The minimum Gasteiger partial charge on any atom is -0.341 e. The number of nitrogens with zero attached hydrogens (tertiary/aromatic N) is 3. The lowest BCUT2D eigenvalue weighted by molar-refractivity contribution is -0.136. The van der Waals surface area contributed by atoms with Gasteiger partial charge in [0.15, 0.2) is 5.25 Å². The van der Waals surface area contributed by atoms with Crippen molar-refractivity contribution in [2.75, 3.05) is 31.1 Å². The number of likely N-dealkylation sites (tertiary alicyclic amines) is 1. The van der Waals surface area contributed by atoms with Gasteiger partial charge in [-0.25, -0.2) is 0 Å². The molecule has 6 nitrogen and oxygen atoms in total. The molecule has 0 aromatic heterocycles. The van der Waals surface area contributed by atoms with Crippen LogP contribution in [0.4, 0.5) is 5.69 Å². The van der Waals surface area contributed by atoms with Crippen molar-refractivity contribution >= 4 is 35.2 Å². The summed E-state index contributed by atoms with van der Waals surface area (Å²) in [6.45, 7) is 2.57. The van der Waals surface area contributed by atoms with Crippen molar-refractivity contribution in [1.29, 1.82) is 0 Å². The second kappa shape index (κ2) is 8.38. The average molecular weight is 436 g/mol. The molecule has 0 aliphatic carbocycles. The molecule has 2 aromatic carbocycles. The molecule has 0 saturated carbocycles. The third kappa shape index (κ3) is 3.83. The third-order valence-electron chi connectivity index (χ3n) is 6.31. The van der Waals surface area contributed by atoms with Gasteiger partial charge in [-0.2, -0.15) is 0 Å². The summed E-state index contributed by atoms with van der Waals surface area (Å²) in [7, 11) is 0. The summed E-state index contributed by atoms with van der Waals surface area (Å²) in [6, 6.07) is 15.7. The van der Waals surface area contributed by atoms with Crippen molar-refractivity contribution in [2.45, 2.75) is 36.0 Å². The van der Waals surface area contributed by atoms with E-state index in [1.807, 2.05) is 41.3 Å². The first-order valence-corrected chi connectivity index (χ1v) is 11.7. The maximum atomic E-state index is 13.4. The fraction of sp³-hybridized carbons (Fsp3) is 0.375. The van der Waals surface area contributed by atoms with Crippen LogP contribution in [0, 0.1) is 0 Å². The number of rotatable bonds is 3. The van der Waals surface area contributed by atoms with Crippen molar-refractivity contribution in [3.8, 4) is 0 Å². The lowest BCUT2D eigenvalue weighted by Crippen LogP contribution is -2.52. The average Bonchev–Trinajstić information content (AvgIpc) is 3.35. The molecule has 0 unspecified atom stereocenters. The molecule has 3 aliphatic rings. The molecular weight excluding hydrogens is 410 g/mol. The van der Waals surface area contributed by atoms with Crippen LogP contribution in [-0.2, 0) is 27.3 Å². The Morgan fingerprint density at radius 2 is 1.61 bits per heavy atom. The monoisotopic (exact) mass is 435 g/mol. The Balaban J connectivity index is 1.37. The lowest BCUT2D eigenvalue weighted by atomic mass is 10.00. The van der Waals surface area contributed by atoms with Crippen LogP contribution in [0.1, 0.15) is 24.0 Å². The summed E-state index contributed by atoms with van der Waals surface area (Å²) in [4.78, 5) is 45.6. The predicted octanol–water partition coefficient (Wildman–Crippen LogP) is 2.70. The molecule has 2 aromatic rings. The summed E-state index contributed by atoms with van der Waals surface area (Å²) >= 11 is 1.31.